The Bertz CT molecular complexity index is 413. The van der Waals surface area contributed by atoms with Crippen LogP contribution in [0.1, 0.15) is 39.5 Å². The van der Waals surface area contributed by atoms with Crippen molar-refractivity contribution >= 4 is 11.9 Å². The van der Waals surface area contributed by atoms with Crippen LogP contribution in [0.25, 0.3) is 0 Å². The third-order valence-electron chi connectivity index (χ3n) is 5.51. The van der Waals surface area contributed by atoms with Gasteiger partial charge in [0.2, 0.25) is 5.91 Å². The first-order valence-corrected chi connectivity index (χ1v) is 8.83. The van der Waals surface area contributed by atoms with Gasteiger partial charge in [-0.2, -0.15) is 0 Å². The zero-order valence-corrected chi connectivity index (χ0v) is 14.7. The summed E-state index contributed by atoms with van der Waals surface area (Å²) in [7, 11) is 1.87. The number of carbonyl (C=O) groups is 2. The van der Waals surface area contributed by atoms with E-state index in [2.05, 4.69) is 11.8 Å². The average Bonchev–Trinajstić information content (AvgIpc) is 2.53. The van der Waals surface area contributed by atoms with Crippen LogP contribution in [0, 0.1) is 5.92 Å². The predicted molar refractivity (Wildman–Crippen MR) is 89.3 cm³/mol. The number of nitrogens with zero attached hydrogens (tertiary/aromatic N) is 3. The van der Waals surface area contributed by atoms with E-state index in [4.69, 9.17) is 5.11 Å². The summed E-state index contributed by atoms with van der Waals surface area (Å²) in [4.78, 5) is 29.7. The van der Waals surface area contributed by atoms with Crippen molar-refractivity contribution in [3.05, 3.63) is 0 Å². The number of carbonyl (C=O) groups excluding carboxylic acids is 1. The monoisotopic (exact) mass is 325 g/mol. The van der Waals surface area contributed by atoms with Crippen LogP contribution in [-0.2, 0) is 9.59 Å². The van der Waals surface area contributed by atoms with Crippen molar-refractivity contribution in [1.82, 2.24) is 14.7 Å². The van der Waals surface area contributed by atoms with Crippen molar-refractivity contribution < 1.29 is 14.7 Å². The topological polar surface area (TPSA) is 64.1 Å². The number of rotatable bonds is 5. The van der Waals surface area contributed by atoms with Gasteiger partial charge in [0.05, 0.1) is 12.6 Å². The summed E-state index contributed by atoms with van der Waals surface area (Å²) in [6.45, 7) is 7.87. The van der Waals surface area contributed by atoms with Crippen molar-refractivity contribution in [3.8, 4) is 0 Å². The smallest absolute Gasteiger partial charge is 0.317 e. The summed E-state index contributed by atoms with van der Waals surface area (Å²) >= 11 is 0. The predicted octanol–water partition coefficient (Wildman–Crippen LogP) is 1.11. The molecule has 1 amide bonds. The Balaban J connectivity index is 1.80. The fraction of sp³-hybridized carbons (Fsp3) is 0.882. The van der Waals surface area contributed by atoms with Crippen LogP contribution in [0.3, 0.4) is 0 Å². The molecular formula is C17H31N3O3. The molecule has 1 atom stereocenters. The molecule has 6 nitrogen and oxygen atoms in total. The van der Waals surface area contributed by atoms with E-state index in [0.29, 0.717) is 6.04 Å². The van der Waals surface area contributed by atoms with Gasteiger partial charge in [0.15, 0.2) is 0 Å². The largest absolute Gasteiger partial charge is 0.480 e. The molecule has 1 N–H and O–H groups in total. The second-order valence-corrected chi connectivity index (χ2v) is 7.26. The lowest BCUT2D eigenvalue weighted by Gasteiger charge is -2.40. The summed E-state index contributed by atoms with van der Waals surface area (Å²) < 4.78 is 0. The first kappa shape index (κ1) is 18.2. The summed E-state index contributed by atoms with van der Waals surface area (Å²) in [5.74, 6) is 0.210. The molecule has 2 fully saturated rings. The van der Waals surface area contributed by atoms with E-state index in [9.17, 15) is 9.59 Å². The number of aliphatic carboxylic acids is 1. The number of hydrogen-bond donors (Lipinski definition) is 1. The molecule has 0 radical (unpaired) electrons. The highest BCUT2D eigenvalue weighted by Crippen LogP contribution is 2.21. The minimum Gasteiger partial charge on any atom is -0.480 e. The Morgan fingerprint density at radius 1 is 1.13 bits per heavy atom. The van der Waals surface area contributed by atoms with Crippen LogP contribution < -0.4 is 0 Å². The van der Waals surface area contributed by atoms with Gasteiger partial charge in [-0.15, -0.1) is 0 Å². The van der Waals surface area contributed by atoms with Crippen molar-refractivity contribution in [2.24, 2.45) is 5.92 Å². The van der Waals surface area contributed by atoms with Gasteiger partial charge in [-0.3, -0.25) is 19.4 Å². The Morgan fingerprint density at radius 2 is 1.70 bits per heavy atom. The Labute approximate surface area is 139 Å². The molecule has 132 valence electrons. The SMILES string of the molecule is CC1CCN(C(=O)C(C)N2CCC(N(C)CC(=O)O)CC2)CC1. The number of piperidine rings is 2. The quantitative estimate of drug-likeness (QED) is 0.820. The third kappa shape index (κ3) is 4.91. The molecule has 0 saturated carbocycles. The van der Waals surface area contributed by atoms with Gasteiger partial charge in [-0.05, 0) is 45.6 Å². The molecule has 2 saturated heterocycles. The number of amides is 1. The summed E-state index contributed by atoms with van der Waals surface area (Å²) in [6.07, 6.45) is 4.08. The van der Waals surface area contributed by atoms with E-state index in [1.54, 1.807) is 0 Å². The van der Waals surface area contributed by atoms with E-state index in [-0.39, 0.29) is 18.5 Å². The summed E-state index contributed by atoms with van der Waals surface area (Å²) in [5, 5.41) is 8.89. The minimum absolute atomic E-state index is 0.0610. The van der Waals surface area contributed by atoms with E-state index in [0.717, 1.165) is 57.8 Å². The van der Waals surface area contributed by atoms with Gasteiger partial charge < -0.3 is 10.0 Å². The summed E-state index contributed by atoms with van der Waals surface area (Å²) in [6, 6.07) is 0.245. The van der Waals surface area contributed by atoms with Crippen molar-refractivity contribution in [2.45, 2.75) is 51.6 Å². The lowest BCUT2D eigenvalue weighted by atomic mass is 9.98. The molecule has 2 aliphatic rings. The molecule has 0 aromatic rings. The second kappa shape index (κ2) is 8.11. The van der Waals surface area contributed by atoms with Gasteiger partial charge in [0.1, 0.15) is 0 Å². The van der Waals surface area contributed by atoms with E-state index in [1.165, 1.54) is 0 Å². The van der Waals surface area contributed by atoms with Crippen molar-refractivity contribution in [1.29, 1.82) is 0 Å². The van der Waals surface area contributed by atoms with Crippen LogP contribution in [-0.4, -0.2) is 83.5 Å². The Morgan fingerprint density at radius 3 is 2.22 bits per heavy atom. The Hall–Kier alpha value is -1.14. The standard InChI is InChI=1S/C17H31N3O3/c1-13-4-8-20(9-5-13)17(23)14(2)19-10-6-15(7-11-19)18(3)12-16(21)22/h13-15H,4-12H2,1-3H3,(H,21,22). The highest BCUT2D eigenvalue weighted by atomic mass is 16.4. The third-order valence-corrected chi connectivity index (χ3v) is 5.51. The van der Waals surface area contributed by atoms with Crippen LogP contribution in [0.4, 0.5) is 0 Å². The molecule has 0 bridgehead atoms. The number of likely N-dealkylation sites (tertiary alicyclic amines) is 2. The van der Waals surface area contributed by atoms with Gasteiger partial charge >= 0.3 is 5.97 Å². The van der Waals surface area contributed by atoms with Crippen molar-refractivity contribution in [3.63, 3.8) is 0 Å². The van der Waals surface area contributed by atoms with Gasteiger partial charge in [-0.25, -0.2) is 0 Å². The Kier molecular flexibility index (Phi) is 6.41. The molecule has 6 heteroatoms. The van der Waals surface area contributed by atoms with Gasteiger partial charge in [-0.1, -0.05) is 6.92 Å². The zero-order valence-electron chi connectivity index (χ0n) is 14.7. The molecule has 2 rings (SSSR count). The van der Waals surface area contributed by atoms with Crippen LogP contribution >= 0.6 is 0 Å². The lowest BCUT2D eigenvalue weighted by Crippen LogP contribution is -2.53. The second-order valence-electron chi connectivity index (χ2n) is 7.26. The van der Waals surface area contributed by atoms with Crippen molar-refractivity contribution in [2.75, 3.05) is 39.8 Å². The molecule has 0 aliphatic carbocycles. The highest BCUT2D eigenvalue weighted by molar-refractivity contribution is 5.81. The molecule has 0 aromatic heterocycles. The fourth-order valence-corrected chi connectivity index (χ4v) is 3.71. The number of carboxylic acid groups (broad SMARTS) is 1. The molecule has 0 aromatic carbocycles. The first-order chi connectivity index (χ1) is 10.9. The van der Waals surface area contributed by atoms with Crippen LogP contribution in [0.2, 0.25) is 0 Å². The maximum atomic E-state index is 12.7. The van der Waals surface area contributed by atoms with Crippen LogP contribution in [0.15, 0.2) is 0 Å². The molecule has 23 heavy (non-hydrogen) atoms. The van der Waals surface area contributed by atoms with Gasteiger partial charge in [0, 0.05) is 32.2 Å². The maximum Gasteiger partial charge on any atom is 0.317 e. The minimum atomic E-state index is -0.780. The molecule has 2 aliphatic heterocycles. The number of likely N-dealkylation sites (N-methyl/N-ethyl adjacent to an activating group) is 1. The highest BCUT2D eigenvalue weighted by Gasteiger charge is 2.31. The first-order valence-electron chi connectivity index (χ1n) is 8.83. The molecule has 0 spiro atoms. The van der Waals surface area contributed by atoms with E-state index in [1.807, 2.05) is 23.8 Å². The fourth-order valence-electron chi connectivity index (χ4n) is 3.71. The lowest BCUT2D eigenvalue weighted by molar-refractivity contribution is -0.139. The normalized spacial score (nSPS) is 23.2. The maximum absolute atomic E-state index is 12.7. The van der Waals surface area contributed by atoms with Gasteiger partial charge in [0.25, 0.3) is 0 Å². The number of hydrogen-bond acceptors (Lipinski definition) is 4. The van der Waals surface area contributed by atoms with Crippen LogP contribution in [0.5, 0.6) is 0 Å². The van der Waals surface area contributed by atoms with E-state index < -0.39 is 5.97 Å². The average molecular weight is 325 g/mol. The molecular weight excluding hydrogens is 294 g/mol. The molecule has 2 heterocycles. The number of carboxylic acids is 1. The van der Waals surface area contributed by atoms with E-state index >= 15 is 0 Å². The molecule has 1 unspecified atom stereocenters. The summed E-state index contributed by atoms with van der Waals surface area (Å²) in [5.41, 5.74) is 0. The zero-order chi connectivity index (χ0) is 17.0.